The second kappa shape index (κ2) is 5.89. The zero-order chi connectivity index (χ0) is 13.0. The molecule has 2 aromatic rings. The molecule has 0 aliphatic rings. The van der Waals surface area contributed by atoms with E-state index in [0.717, 1.165) is 0 Å². The highest BCUT2D eigenvalue weighted by Crippen LogP contribution is 2.28. The molecular weight excluding hydrogens is 273 g/mol. The lowest BCUT2D eigenvalue weighted by Crippen LogP contribution is -2.13. The second-order valence-electron chi connectivity index (χ2n) is 3.59. The van der Waals surface area contributed by atoms with E-state index in [4.69, 9.17) is 23.2 Å². The number of carbonyl (C=O) groups excluding carboxylic acids is 1. The molecule has 0 unspecified atom stereocenters. The van der Waals surface area contributed by atoms with Crippen molar-refractivity contribution < 1.29 is 4.79 Å². The van der Waals surface area contributed by atoms with E-state index < -0.39 is 0 Å². The number of rotatable bonds is 4. The number of carbonyl (C=O) groups is 1. The van der Waals surface area contributed by atoms with E-state index in [0.29, 0.717) is 16.4 Å². The lowest BCUT2D eigenvalue weighted by Gasteiger charge is -2.12. The van der Waals surface area contributed by atoms with E-state index in [1.54, 1.807) is 41.5 Å². The van der Waals surface area contributed by atoms with Crippen LogP contribution in [0.1, 0.15) is 6.42 Å². The highest BCUT2D eigenvalue weighted by molar-refractivity contribution is 6.33. The number of alkyl halides is 1. The molecule has 0 bridgehead atoms. The van der Waals surface area contributed by atoms with Gasteiger partial charge in [-0.2, -0.15) is 0 Å². The van der Waals surface area contributed by atoms with Crippen LogP contribution < -0.4 is 5.32 Å². The van der Waals surface area contributed by atoms with Crippen molar-refractivity contribution in [2.75, 3.05) is 11.2 Å². The molecule has 94 valence electrons. The number of nitrogens with zero attached hydrogens (tertiary/aromatic N) is 2. The second-order valence-corrected chi connectivity index (χ2v) is 4.38. The number of hydrogen-bond acceptors (Lipinski definition) is 2. The van der Waals surface area contributed by atoms with Crippen molar-refractivity contribution in [1.82, 2.24) is 9.55 Å². The van der Waals surface area contributed by atoms with Crippen molar-refractivity contribution in [2.24, 2.45) is 0 Å². The summed E-state index contributed by atoms with van der Waals surface area (Å²) in [6.07, 6.45) is 5.29. The van der Waals surface area contributed by atoms with E-state index in [2.05, 4.69) is 10.3 Å². The Labute approximate surface area is 115 Å². The van der Waals surface area contributed by atoms with Crippen LogP contribution in [0, 0.1) is 0 Å². The molecule has 0 spiro atoms. The lowest BCUT2D eigenvalue weighted by molar-refractivity contribution is -0.115. The number of imidazole rings is 1. The molecule has 0 radical (unpaired) electrons. The Hall–Kier alpha value is -1.52. The van der Waals surface area contributed by atoms with Gasteiger partial charge in [-0.1, -0.05) is 17.7 Å². The van der Waals surface area contributed by atoms with Crippen LogP contribution in [0.4, 0.5) is 5.69 Å². The van der Waals surface area contributed by atoms with E-state index in [9.17, 15) is 4.79 Å². The molecule has 2 rings (SSSR count). The van der Waals surface area contributed by atoms with Gasteiger partial charge in [-0.05, 0) is 12.1 Å². The van der Waals surface area contributed by atoms with Crippen molar-refractivity contribution in [1.29, 1.82) is 0 Å². The summed E-state index contributed by atoms with van der Waals surface area (Å²) in [5.74, 6) is 0.140. The Morgan fingerprint density at radius 3 is 2.94 bits per heavy atom. The van der Waals surface area contributed by atoms with Gasteiger partial charge in [0.2, 0.25) is 5.91 Å². The summed E-state index contributed by atoms with van der Waals surface area (Å²) in [6.45, 7) is 0. The van der Waals surface area contributed by atoms with Crippen molar-refractivity contribution in [3.05, 3.63) is 41.9 Å². The summed E-state index contributed by atoms with van der Waals surface area (Å²) >= 11 is 11.7. The molecule has 4 nitrogen and oxygen atoms in total. The van der Waals surface area contributed by atoms with Crippen LogP contribution in [0.5, 0.6) is 0 Å². The minimum atomic E-state index is -0.145. The first kappa shape index (κ1) is 12.9. The van der Waals surface area contributed by atoms with Gasteiger partial charge in [0.05, 0.1) is 22.7 Å². The minimum Gasteiger partial charge on any atom is -0.324 e. The van der Waals surface area contributed by atoms with Gasteiger partial charge in [-0.25, -0.2) is 4.98 Å². The summed E-state index contributed by atoms with van der Waals surface area (Å²) in [7, 11) is 0. The molecule has 0 saturated heterocycles. The highest BCUT2D eigenvalue weighted by atomic mass is 35.5. The normalized spacial score (nSPS) is 10.3. The van der Waals surface area contributed by atoms with Gasteiger partial charge in [-0.15, -0.1) is 11.6 Å². The number of benzene rings is 1. The molecular formula is C12H11Cl2N3O. The van der Waals surface area contributed by atoms with E-state index in [1.807, 2.05) is 0 Å². The first-order valence-electron chi connectivity index (χ1n) is 5.35. The standard InChI is InChI=1S/C12H11Cl2N3O/c13-5-4-11(18)16-10-3-1-2-9(14)12(10)17-7-6-15-8-17/h1-3,6-8H,4-5H2,(H,16,18). The quantitative estimate of drug-likeness (QED) is 0.877. The average molecular weight is 284 g/mol. The molecule has 0 saturated carbocycles. The zero-order valence-electron chi connectivity index (χ0n) is 9.44. The van der Waals surface area contributed by atoms with Gasteiger partial charge in [0.1, 0.15) is 0 Å². The van der Waals surface area contributed by atoms with Crippen molar-refractivity contribution >= 4 is 34.8 Å². The van der Waals surface area contributed by atoms with Crippen LogP contribution in [0.25, 0.3) is 5.69 Å². The smallest absolute Gasteiger partial charge is 0.225 e. The lowest BCUT2D eigenvalue weighted by atomic mass is 10.2. The summed E-state index contributed by atoms with van der Waals surface area (Å²) in [5.41, 5.74) is 1.33. The molecule has 1 amide bonds. The van der Waals surface area contributed by atoms with Crippen LogP contribution in [0.15, 0.2) is 36.9 Å². The molecule has 1 aromatic carbocycles. The first-order chi connectivity index (χ1) is 8.72. The molecule has 0 fully saturated rings. The Morgan fingerprint density at radius 2 is 2.28 bits per heavy atom. The zero-order valence-corrected chi connectivity index (χ0v) is 10.9. The van der Waals surface area contributed by atoms with E-state index in [1.165, 1.54) is 0 Å². The predicted octanol–water partition coefficient (Wildman–Crippen LogP) is 3.09. The molecule has 0 aliphatic heterocycles. The maximum atomic E-state index is 11.6. The number of halogens is 2. The third kappa shape index (κ3) is 2.83. The summed E-state index contributed by atoms with van der Waals surface area (Å²) in [4.78, 5) is 15.5. The number of anilines is 1. The minimum absolute atomic E-state index is 0.145. The van der Waals surface area contributed by atoms with Crippen molar-refractivity contribution in [2.45, 2.75) is 6.42 Å². The number of nitrogens with one attached hydrogen (secondary N) is 1. The maximum absolute atomic E-state index is 11.6. The number of aromatic nitrogens is 2. The number of amides is 1. The fourth-order valence-corrected chi connectivity index (χ4v) is 2.01. The van der Waals surface area contributed by atoms with Gasteiger partial charge in [0.15, 0.2) is 0 Å². The molecule has 1 heterocycles. The fourth-order valence-electron chi connectivity index (χ4n) is 1.57. The third-order valence-electron chi connectivity index (χ3n) is 2.35. The monoisotopic (exact) mass is 283 g/mol. The molecule has 18 heavy (non-hydrogen) atoms. The maximum Gasteiger partial charge on any atom is 0.225 e. The van der Waals surface area contributed by atoms with Gasteiger partial charge in [0, 0.05) is 24.7 Å². The molecule has 0 aliphatic carbocycles. The molecule has 6 heteroatoms. The Morgan fingerprint density at radius 1 is 1.44 bits per heavy atom. The first-order valence-corrected chi connectivity index (χ1v) is 6.26. The van der Waals surface area contributed by atoms with Crippen molar-refractivity contribution in [3.63, 3.8) is 0 Å². The van der Waals surface area contributed by atoms with Gasteiger partial charge >= 0.3 is 0 Å². The summed E-state index contributed by atoms with van der Waals surface area (Å²) in [6, 6.07) is 5.32. The Balaban J connectivity index is 2.36. The third-order valence-corrected chi connectivity index (χ3v) is 2.84. The predicted molar refractivity (Wildman–Crippen MR) is 72.5 cm³/mol. The number of hydrogen-bond donors (Lipinski definition) is 1. The Kier molecular flexibility index (Phi) is 4.23. The number of para-hydroxylation sites is 1. The van der Waals surface area contributed by atoms with Crippen LogP contribution >= 0.6 is 23.2 Å². The summed E-state index contributed by atoms with van der Waals surface area (Å²) < 4.78 is 1.75. The van der Waals surface area contributed by atoms with Gasteiger partial charge in [-0.3, -0.25) is 4.79 Å². The fraction of sp³-hybridized carbons (Fsp3) is 0.167. The summed E-state index contributed by atoms with van der Waals surface area (Å²) in [5, 5.41) is 3.32. The molecule has 0 atom stereocenters. The molecule has 1 N–H and O–H groups in total. The van der Waals surface area contributed by atoms with E-state index >= 15 is 0 Å². The van der Waals surface area contributed by atoms with Gasteiger partial charge < -0.3 is 9.88 Å². The highest BCUT2D eigenvalue weighted by Gasteiger charge is 2.11. The largest absolute Gasteiger partial charge is 0.324 e. The van der Waals surface area contributed by atoms with Crippen LogP contribution in [-0.2, 0) is 4.79 Å². The van der Waals surface area contributed by atoms with Crippen LogP contribution in [-0.4, -0.2) is 21.3 Å². The Bertz CT molecular complexity index is 540. The average Bonchev–Trinajstić information content (AvgIpc) is 2.82. The van der Waals surface area contributed by atoms with E-state index in [-0.39, 0.29) is 18.2 Å². The topological polar surface area (TPSA) is 46.9 Å². The van der Waals surface area contributed by atoms with Crippen LogP contribution in [0.2, 0.25) is 5.02 Å². The van der Waals surface area contributed by atoms with Crippen molar-refractivity contribution in [3.8, 4) is 5.69 Å². The molecule has 1 aromatic heterocycles. The SMILES string of the molecule is O=C(CCCl)Nc1cccc(Cl)c1-n1ccnc1. The van der Waals surface area contributed by atoms with Crippen LogP contribution in [0.3, 0.4) is 0 Å². The van der Waals surface area contributed by atoms with Gasteiger partial charge in [0.25, 0.3) is 0 Å².